The Hall–Kier alpha value is -2.79. The molecule has 100 valence electrons. The van der Waals surface area contributed by atoms with Crippen molar-refractivity contribution in [2.24, 2.45) is 0 Å². The average molecular weight is 293 g/mol. The van der Waals surface area contributed by atoms with Gasteiger partial charge in [0.2, 0.25) is 5.82 Å². The molecule has 1 aromatic heterocycles. The molecule has 20 heavy (non-hydrogen) atoms. The van der Waals surface area contributed by atoms with Crippen molar-refractivity contribution < 1.29 is 9.18 Å². The highest BCUT2D eigenvalue weighted by Gasteiger charge is 2.10. The lowest BCUT2D eigenvalue weighted by molar-refractivity contribution is 0.107. The molecular weight excluding hydrogens is 287 g/mol. The summed E-state index contributed by atoms with van der Waals surface area (Å²) in [4.78, 5) is 11.0. The van der Waals surface area contributed by atoms with E-state index in [9.17, 15) is 9.18 Å². The van der Waals surface area contributed by atoms with Crippen molar-refractivity contribution in [3.63, 3.8) is 0 Å². The van der Waals surface area contributed by atoms with Crippen molar-refractivity contribution in [2.75, 3.05) is 5.32 Å². The number of allylic oxidation sites excluding steroid dienone is 1. The maximum Gasteiger partial charge on any atom is 0.255 e. The van der Waals surface area contributed by atoms with Crippen molar-refractivity contribution in [3.05, 3.63) is 41.6 Å². The first-order valence-corrected chi connectivity index (χ1v) is 5.59. The Morgan fingerprint density at radius 2 is 2.35 bits per heavy atom. The van der Waals surface area contributed by atoms with E-state index in [1.807, 2.05) is 6.07 Å². The van der Waals surface area contributed by atoms with Gasteiger partial charge in [-0.3, -0.25) is 4.79 Å². The third-order valence-electron chi connectivity index (χ3n) is 2.27. The van der Waals surface area contributed by atoms with Crippen molar-refractivity contribution in [1.82, 2.24) is 20.6 Å². The minimum atomic E-state index is -0.909. The standard InChI is InChI=1S/C11H6ClFN6O/c12-10(20)8-3-7(1-2-9(8)13)15-5-6(4-14)11-16-18-19-17-11/h1-3,5,15H,(H,16,17,18,19). The summed E-state index contributed by atoms with van der Waals surface area (Å²) in [5, 5.41) is 23.6. The van der Waals surface area contributed by atoms with Crippen LogP contribution in [0.15, 0.2) is 24.4 Å². The van der Waals surface area contributed by atoms with Crippen LogP contribution in [0.1, 0.15) is 16.2 Å². The molecule has 2 N–H and O–H groups in total. The van der Waals surface area contributed by atoms with Crippen molar-refractivity contribution >= 4 is 28.1 Å². The number of aromatic nitrogens is 4. The van der Waals surface area contributed by atoms with Crippen molar-refractivity contribution in [3.8, 4) is 6.07 Å². The molecule has 7 nitrogen and oxygen atoms in total. The van der Waals surface area contributed by atoms with Gasteiger partial charge in [0, 0.05) is 11.9 Å². The van der Waals surface area contributed by atoms with E-state index in [1.54, 1.807) is 0 Å². The fourth-order valence-corrected chi connectivity index (χ4v) is 1.49. The molecule has 1 aromatic carbocycles. The van der Waals surface area contributed by atoms with Crippen LogP contribution in [-0.2, 0) is 0 Å². The molecule has 0 fully saturated rings. The average Bonchev–Trinajstić information content (AvgIpc) is 2.95. The minimum Gasteiger partial charge on any atom is -0.360 e. The van der Waals surface area contributed by atoms with Gasteiger partial charge in [-0.25, -0.2) is 4.39 Å². The lowest BCUT2D eigenvalue weighted by atomic mass is 10.2. The third-order valence-corrected chi connectivity index (χ3v) is 2.47. The number of benzene rings is 1. The highest BCUT2D eigenvalue weighted by atomic mass is 35.5. The molecule has 0 unspecified atom stereocenters. The Balaban J connectivity index is 2.25. The van der Waals surface area contributed by atoms with Gasteiger partial charge in [0.15, 0.2) is 0 Å². The molecule has 0 atom stereocenters. The molecule has 0 amide bonds. The fraction of sp³-hybridized carbons (Fsp3) is 0. The summed E-state index contributed by atoms with van der Waals surface area (Å²) in [5.74, 6) is -0.617. The SMILES string of the molecule is N#CC(=CNc1ccc(F)c(C(=O)Cl)c1)c1nn[nH]n1. The number of carbonyl (C=O) groups is 1. The smallest absolute Gasteiger partial charge is 0.255 e. The zero-order chi connectivity index (χ0) is 14.5. The predicted octanol–water partition coefficient (Wildman–Crippen LogP) is 1.69. The number of hydrogen-bond acceptors (Lipinski definition) is 6. The number of anilines is 1. The van der Waals surface area contributed by atoms with Gasteiger partial charge in [-0.05, 0) is 35.0 Å². The molecule has 0 aliphatic rings. The van der Waals surface area contributed by atoms with E-state index >= 15 is 0 Å². The van der Waals surface area contributed by atoms with Crippen LogP contribution in [0.4, 0.5) is 10.1 Å². The second-order valence-corrected chi connectivity index (χ2v) is 3.86. The van der Waals surface area contributed by atoms with E-state index in [2.05, 4.69) is 25.9 Å². The van der Waals surface area contributed by atoms with Crippen molar-refractivity contribution in [2.45, 2.75) is 0 Å². The number of nitrogens with one attached hydrogen (secondary N) is 2. The van der Waals surface area contributed by atoms with Crippen molar-refractivity contribution in [1.29, 1.82) is 5.26 Å². The number of nitrogens with zero attached hydrogens (tertiary/aromatic N) is 4. The highest BCUT2D eigenvalue weighted by molar-refractivity contribution is 6.67. The maximum atomic E-state index is 13.3. The molecular formula is C11H6ClFN6O. The Morgan fingerprint density at radius 1 is 1.55 bits per heavy atom. The summed E-state index contributed by atoms with van der Waals surface area (Å²) in [5.41, 5.74) is 0.233. The summed E-state index contributed by atoms with van der Waals surface area (Å²) < 4.78 is 13.3. The Morgan fingerprint density at radius 3 is 2.95 bits per heavy atom. The van der Waals surface area contributed by atoms with E-state index in [0.717, 1.165) is 6.07 Å². The summed E-state index contributed by atoms with van der Waals surface area (Å²) in [6.45, 7) is 0. The van der Waals surface area contributed by atoms with Crippen LogP contribution >= 0.6 is 11.6 Å². The molecule has 0 aliphatic heterocycles. The number of tetrazole rings is 1. The van der Waals surface area contributed by atoms with E-state index in [-0.39, 0.29) is 17.0 Å². The van der Waals surface area contributed by atoms with Crippen LogP contribution < -0.4 is 5.32 Å². The molecule has 2 rings (SSSR count). The van der Waals surface area contributed by atoms with Gasteiger partial charge in [-0.2, -0.15) is 10.5 Å². The van der Waals surface area contributed by atoms with Crippen LogP contribution in [0.5, 0.6) is 0 Å². The number of nitriles is 1. The number of carbonyl (C=O) groups excluding carboxylic acids is 1. The molecule has 2 aromatic rings. The quantitative estimate of drug-likeness (QED) is 0.656. The van der Waals surface area contributed by atoms with Gasteiger partial charge in [-0.15, -0.1) is 10.2 Å². The van der Waals surface area contributed by atoms with Gasteiger partial charge >= 0.3 is 0 Å². The number of rotatable bonds is 4. The molecule has 0 saturated heterocycles. The number of H-pyrrole nitrogens is 1. The van der Waals surface area contributed by atoms with Crippen LogP contribution in [0.3, 0.4) is 0 Å². The number of halogens is 2. The second kappa shape index (κ2) is 5.90. The van der Waals surface area contributed by atoms with Gasteiger partial charge in [0.05, 0.1) is 5.56 Å². The van der Waals surface area contributed by atoms with E-state index in [0.29, 0.717) is 5.69 Å². The van der Waals surface area contributed by atoms with E-state index < -0.39 is 11.1 Å². The first-order chi connectivity index (χ1) is 9.61. The molecule has 0 spiro atoms. The monoisotopic (exact) mass is 292 g/mol. The maximum absolute atomic E-state index is 13.3. The van der Waals surface area contributed by atoms with Crippen LogP contribution in [0, 0.1) is 17.1 Å². The van der Waals surface area contributed by atoms with E-state index in [1.165, 1.54) is 18.3 Å². The Bertz CT molecular complexity index is 706. The molecule has 9 heteroatoms. The van der Waals surface area contributed by atoms with Gasteiger partial charge < -0.3 is 5.32 Å². The topological polar surface area (TPSA) is 107 Å². The summed E-state index contributed by atoms with van der Waals surface area (Å²) >= 11 is 5.24. The second-order valence-electron chi connectivity index (χ2n) is 3.52. The molecule has 0 aliphatic carbocycles. The highest BCUT2D eigenvalue weighted by Crippen LogP contribution is 2.17. The van der Waals surface area contributed by atoms with Gasteiger partial charge in [0.25, 0.3) is 5.24 Å². The molecule has 0 bridgehead atoms. The molecule has 0 radical (unpaired) electrons. The lowest BCUT2D eigenvalue weighted by Gasteiger charge is -2.03. The Labute approximate surface area is 117 Å². The van der Waals surface area contributed by atoms with Crippen LogP contribution in [0.2, 0.25) is 0 Å². The Kier molecular flexibility index (Phi) is 4.02. The zero-order valence-corrected chi connectivity index (χ0v) is 10.5. The summed E-state index contributed by atoms with van der Waals surface area (Å²) in [6, 6.07) is 5.58. The lowest BCUT2D eigenvalue weighted by Crippen LogP contribution is -1.98. The molecule has 1 heterocycles. The number of aromatic amines is 1. The molecule has 0 saturated carbocycles. The van der Waals surface area contributed by atoms with Crippen LogP contribution in [0.25, 0.3) is 5.57 Å². The minimum absolute atomic E-state index is 0.107. The van der Waals surface area contributed by atoms with Gasteiger partial charge in [-0.1, -0.05) is 0 Å². The summed E-state index contributed by atoms with van der Waals surface area (Å²) in [7, 11) is 0. The first-order valence-electron chi connectivity index (χ1n) is 5.22. The summed E-state index contributed by atoms with van der Waals surface area (Å²) in [6.07, 6.45) is 1.31. The number of hydrogen-bond donors (Lipinski definition) is 2. The zero-order valence-electron chi connectivity index (χ0n) is 9.76. The van der Waals surface area contributed by atoms with E-state index in [4.69, 9.17) is 16.9 Å². The largest absolute Gasteiger partial charge is 0.360 e. The van der Waals surface area contributed by atoms with Crippen LogP contribution in [-0.4, -0.2) is 25.9 Å². The van der Waals surface area contributed by atoms with Gasteiger partial charge in [0.1, 0.15) is 17.5 Å². The first kappa shape index (κ1) is 13.6. The fourth-order valence-electron chi connectivity index (χ4n) is 1.34. The normalized spacial score (nSPS) is 10.9. The third kappa shape index (κ3) is 2.96. The predicted molar refractivity (Wildman–Crippen MR) is 68.0 cm³/mol.